The molecule has 0 radical (unpaired) electrons. The molecule has 2 unspecified atom stereocenters. The number of benzene rings is 2. The Balaban J connectivity index is 1.42. The zero-order chi connectivity index (χ0) is 33.3. The first-order valence-electron chi connectivity index (χ1n) is 15.1. The Bertz CT molecular complexity index is 1420. The fraction of sp³-hybridized carbons (Fsp3) is 0.333. The second kappa shape index (κ2) is 18.6. The summed E-state index contributed by atoms with van der Waals surface area (Å²) in [6.45, 7) is 11.9. The molecule has 0 saturated carbocycles. The van der Waals surface area contributed by atoms with Gasteiger partial charge >= 0.3 is 23.9 Å². The Kier molecular flexibility index (Phi) is 14.3. The van der Waals surface area contributed by atoms with Gasteiger partial charge < -0.3 is 28.4 Å². The Hall–Kier alpha value is -5.12. The molecule has 10 heteroatoms. The molecule has 0 aromatic heterocycles. The monoisotopic (exact) mass is 632 g/mol. The van der Waals surface area contributed by atoms with Crippen molar-refractivity contribution in [3.63, 3.8) is 0 Å². The van der Waals surface area contributed by atoms with Gasteiger partial charge in [-0.05, 0) is 98.9 Å². The van der Waals surface area contributed by atoms with Gasteiger partial charge in [-0.3, -0.25) is 0 Å². The maximum Gasteiger partial charge on any atom is 0.343 e. The van der Waals surface area contributed by atoms with E-state index in [1.54, 1.807) is 60.7 Å². The molecule has 0 heterocycles. The topological polar surface area (TPSA) is 124 Å². The minimum Gasteiger partial charge on any atom is -0.494 e. The molecule has 10 nitrogen and oxygen atoms in total. The lowest BCUT2D eigenvalue weighted by Gasteiger charge is -2.27. The summed E-state index contributed by atoms with van der Waals surface area (Å²) in [6.07, 6.45) is 7.79. The van der Waals surface area contributed by atoms with Gasteiger partial charge in [0.25, 0.3) is 0 Å². The maximum atomic E-state index is 12.8. The Labute approximate surface area is 269 Å². The lowest BCUT2D eigenvalue weighted by Crippen LogP contribution is -2.27. The van der Waals surface area contributed by atoms with Crippen LogP contribution in [0, 0.1) is 5.92 Å². The van der Waals surface area contributed by atoms with Crippen LogP contribution in [0.2, 0.25) is 0 Å². The third kappa shape index (κ3) is 11.4. The van der Waals surface area contributed by atoms with E-state index >= 15 is 0 Å². The predicted octanol–water partition coefficient (Wildman–Crippen LogP) is 6.33. The van der Waals surface area contributed by atoms with Gasteiger partial charge in [-0.15, -0.1) is 0 Å². The van der Waals surface area contributed by atoms with Crippen molar-refractivity contribution in [1.29, 1.82) is 0 Å². The van der Waals surface area contributed by atoms with Crippen molar-refractivity contribution in [2.75, 3.05) is 26.4 Å². The first-order chi connectivity index (χ1) is 22.2. The molecular weight excluding hydrogens is 592 g/mol. The van der Waals surface area contributed by atoms with E-state index in [9.17, 15) is 19.2 Å². The first kappa shape index (κ1) is 35.4. The summed E-state index contributed by atoms with van der Waals surface area (Å²) in [4.78, 5) is 47.7. The van der Waals surface area contributed by atoms with E-state index < -0.39 is 30.0 Å². The van der Waals surface area contributed by atoms with E-state index in [0.29, 0.717) is 80.5 Å². The molecule has 2 aromatic carbocycles. The van der Waals surface area contributed by atoms with Crippen molar-refractivity contribution in [3.8, 4) is 11.5 Å². The van der Waals surface area contributed by atoms with E-state index in [2.05, 4.69) is 13.2 Å². The highest BCUT2D eigenvalue weighted by Crippen LogP contribution is 2.29. The second-order valence-electron chi connectivity index (χ2n) is 10.4. The van der Waals surface area contributed by atoms with Crippen LogP contribution in [-0.4, -0.2) is 56.4 Å². The van der Waals surface area contributed by atoms with Crippen LogP contribution in [0.1, 0.15) is 60.2 Å². The molecule has 0 aliphatic heterocycles. The number of hydrogen-bond donors (Lipinski definition) is 0. The minimum atomic E-state index is -0.536. The van der Waals surface area contributed by atoms with Crippen molar-refractivity contribution < 1.29 is 47.6 Å². The lowest BCUT2D eigenvalue weighted by molar-refractivity contribution is -0.138. The molecule has 0 bridgehead atoms. The molecule has 1 aliphatic carbocycles. The van der Waals surface area contributed by atoms with Crippen LogP contribution in [-0.2, 0) is 28.5 Å². The summed E-state index contributed by atoms with van der Waals surface area (Å²) in [5, 5.41) is 0. The number of unbranched alkanes of at least 4 members (excludes halogenated alkanes) is 2. The number of hydrogen-bond acceptors (Lipinski definition) is 10. The minimum absolute atomic E-state index is 0.221. The van der Waals surface area contributed by atoms with Crippen LogP contribution in [0.15, 0.2) is 97.3 Å². The molecule has 0 spiro atoms. The van der Waals surface area contributed by atoms with Gasteiger partial charge in [0.05, 0.1) is 37.6 Å². The summed E-state index contributed by atoms with van der Waals surface area (Å²) in [7, 11) is 0. The number of carbonyl (C=O) groups excluding carboxylic acids is 4. The maximum absolute atomic E-state index is 12.8. The van der Waals surface area contributed by atoms with Crippen molar-refractivity contribution in [2.24, 2.45) is 5.92 Å². The average molecular weight is 633 g/mol. The van der Waals surface area contributed by atoms with Crippen LogP contribution in [0.5, 0.6) is 11.5 Å². The Morgan fingerprint density at radius 3 is 1.63 bits per heavy atom. The number of ether oxygens (including phenoxy) is 6. The van der Waals surface area contributed by atoms with Gasteiger partial charge in [-0.2, -0.15) is 0 Å². The van der Waals surface area contributed by atoms with Gasteiger partial charge in [-0.25, -0.2) is 19.2 Å². The molecule has 2 aromatic rings. The summed E-state index contributed by atoms with van der Waals surface area (Å²) < 4.78 is 32.6. The van der Waals surface area contributed by atoms with Crippen molar-refractivity contribution >= 4 is 23.9 Å². The number of rotatable bonds is 18. The summed E-state index contributed by atoms with van der Waals surface area (Å²) >= 11 is 0. The average Bonchev–Trinajstić information content (AvgIpc) is 3.07. The molecule has 244 valence electrons. The third-order valence-electron chi connectivity index (χ3n) is 7.06. The van der Waals surface area contributed by atoms with Gasteiger partial charge in [0.15, 0.2) is 0 Å². The Morgan fingerprint density at radius 2 is 1.15 bits per heavy atom. The quantitative estimate of drug-likeness (QED) is 0.0798. The van der Waals surface area contributed by atoms with Crippen LogP contribution >= 0.6 is 0 Å². The van der Waals surface area contributed by atoms with Gasteiger partial charge in [0, 0.05) is 18.1 Å². The third-order valence-corrected chi connectivity index (χ3v) is 7.06. The number of allylic oxidation sites excluding steroid dienone is 1. The molecular formula is C36H40O10. The Morgan fingerprint density at radius 1 is 0.696 bits per heavy atom. The van der Waals surface area contributed by atoms with Gasteiger partial charge in [-0.1, -0.05) is 20.1 Å². The smallest absolute Gasteiger partial charge is 0.343 e. The number of esters is 4. The lowest BCUT2D eigenvalue weighted by atomic mass is 9.90. The molecule has 0 amide bonds. The van der Waals surface area contributed by atoms with Crippen molar-refractivity contribution in [1.82, 2.24) is 0 Å². The van der Waals surface area contributed by atoms with Crippen LogP contribution < -0.4 is 9.47 Å². The summed E-state index contributed by atoms with van der Waals surface area (Å²) in [6, 6.07) is 13.3. The van der Waals surface area contributed by atoms with Crippen molar-refractivity contribution in [2.45, 2.75) is 45.6 Å². The van der Waals surface area contributed by atoms with Crippen LogP contribution in [0.3, 0.4) is 0 Å². The standard InChI is InChI=1S/C36H40O10/c1-5-33(37)43-23-9-7-21-41-29-15-11-27(12-16-29)35(39)45-31-19-20-32(26(4)25(31)3)46-36(40)28-13-17-30(18-14-28)42-22-8-10-24-44-34(38)6-2/h5-6,11-20,25,31H,1-2,7-10,21-24H2,3-4H3. The molecule has 1 aliphatic rings. The number of carbonyl (C=O) groups is 4. The predicted molar refractivity (Wildman–Crippen MR) is 170 cm³/mol. The highest BCUT2D eigenvalue weighted by molar-refractivity contribution is 5.91. The molecule has 0 saturated heterocycles. The second-order valence-corrected chi connectivity index (χ2v) is 10.4. The molecule has 46 heavy (non-hydrogen) atoms. The SMILES string of the molecule is C=CC(=O)OCCCCOc1ccc(C(=O)OC2=C(C)C(C)C(OC(=O)c3ccc(OCCCCOC(=O)C=C)cc3)C=C2)cc1. The largest absolute Gasteiger partial charge is 0.494 e. The summed E-state index contributed by atoms with van der Waals surface area (Å²) in [5.74, 6) is -0.495. The van der Waals surface area contributed by atoms with Crippen LogP contribution in [0.25, 0.3) is 0 Å². The van der Waals surface area contributed by atoms with E-state index in [1.807, 2.05) is 13.8 Å². The van der Waals surface area contributed by atoms with Crippen molar-refractivity contribution in [3.05, 3.63) is 108 Å². The molecule has 0 N–H and O–H groups in total. The van der Waals surface area contributed by atoms with E-state index in [1.165, 1.54) is 0 Å². The highest BCUT2D eigenvalue weighted by Gasteiger charge is 2.28. The zero-order valence-corrected chi connectivity index (χ0v) is 26.2. The van der Waals surface area contributed by atoms with E-state index in [4.69, 9.17) is 28.4 Å². The summed E-state index contributed by atoms with van der Waals surface area (Å²) in [5.41, 5.74) is 1.51. The van der Waals surface area contributed by atoms with Gasteiger partial charge in [0.1, 0.15) is 23.4 Å². The van der Waals surface area contributed by atoms with E-state index in [0.717, 1.165) is 17.7 Å². The highest BCUT2D eigenvalue weighted by atomic mass is 16.6. The zero-order valence-electron chi connectivity index (χ0n) is 26.2. The fourth-order valence-electron chi connectivity index (χ4n) is 4.18. The van der Waals surface area contributed by atoms with E-state index in [-0.39, 0.29) is 5.92 Å². The van der Waals surface area contributed by atoms with Crippen LogP contribution in [0.4, 0.5) is 0 Å². The molecule has 3 rings (SSSR count). The molecule has 0 fully saturated rings. The normalized spacial score (nSPS) is 15.3. The molecule has 2 atom stereocenters. The fourth-order valence-corrected chi connectivity index (χ4v) is 4.18. The van der Waals surface area contributed by atoms with Gasteiger partial charge in [0.2, 0.25) is 0 Å². The first-order valence-corrected chi connectivity index (χ1v) is 15.1.